The minimum absolute atomic E-state index is 0.447. The number of hydrogen-bond donors (Lipinski definition) is 1. The molecule has 1 aromatic carbocycles. The summed E-state index contributed by atoms with van der Waals surface area (Å²) < 4.78 is 0. The first-order valence-corrected chi connectivity index (χ1v) is 6.38. The molecular weight excluding hydrogens is 267 g/mol. The maximum atomic E-state index is 10.9. The molecule has 88 valence electrons. The summed E-state index contributed by atoms with van der Waals surface area (Å²) in [5.74, 6) is -0.374. The van der Waals surface area contributed by atoms with Crippen LogP contribution in [-0.2, 0) is 4.79 Å². The molecule has 0 unspecified atom stereocenters. The molecule has 0 heterocycles. The third-order valence-electron chi connectivity index (χ3n) is 2.06. The fraction of sp³-hybridized carbons (Fsp3) is 0.364. The van der Waals surface area contributed by atoms with Crippen LogP contribution in [0.1, 0.15) is 13.8 Å². The van der Waals surface area contributed by atoms with Crippen molar-refractivity contribution in [2.75, 3.05) is 5.75 Å². The number of carboxylic acids is 1. The number of aliphatic carboxylic acids is 1. The van der Waals surface area contributed by atoms with Crippen LogP contribution in [0.4, 0.5) is 0 Å². The number of carbonyl (C=O) groups is 1. The predicted octanol–water partition coefficient (Wildman–Crippen LogP) is 4.20. The van der Waals surface area contributed by atoms with Crippen molar-refractivity contribution in [3.63, 3.8) is 0 Å². The normalized spacial score (nSPS) is 11.5. The zero-order valence-electron chi connectivity index (χ0n) is 8.96. The second-order valence-electron chi connectivity index (χ2n) is 4.05. The second-order valence-corrected chi connectivity index (χ2v) is 5.91. The van der Waals surface area contributed by atoms with Gasteiger partial charge in [-0.05, 0) is 32.0 Å². The van der Waals surface area contributed by atoms with Gasteiger partial charge >= 0.3 is 5.97 Å². The fourth-order valence-corrected chi connectivity index (χ4v) is 2.48. The van der Waals surface area contributed by atoms with Crippen molar-refractivity contribution < 1.29 is 9.90 Å². The zero-order chi connectivity index (χ0) is 12.3. The van der Waals surface area contributed by atoms with Gasteiger partial charge in [0.05, 0.1) is 10.4 Å². The maximum Gasteiger partial charge on any atom is 0.309 e. The smallest absolute Gasteiger partial charge is 0.309 e. The third kappa shape index (κ3) is 3.58. The predicted molar refractivity (Wildman–Crippen MR) is 68.6 cm³/mol. The molecule has 0 spiro atoms. The topological polar surface area (TPSA) is 37.3 Å². The molecule has 0 aliphatic carbocycles. The Kier molecular flexibility index (Phi) is 4.53. The highest BCUT2D eigenvalue weighted by atomic mass is 35.5. The van der Waals surface area contributed by atoms with E-state index in [2.05, 4.69) is 0 Å². The van der Waals surface area contributed by atoms with Crippen LogP contribution in [0.3, 0.4) is 0 Å². The summed E-state index contributed by atoms with van der Waals surface area (Å²) in [7, 11) is 0. The van der Waals surface area contributed by atoms with Gasteiger partial charge in [-0.25, -0.2) is 0 Å². The summed E-state index contributed by atoms with van der Waals surface area (Å²) in [5, 5.41) is 10.2. The van der Waals surface area contributed by atoms with E-state index >= 15 is 0 Å². The zero-order valence-corrected chi connectivity index (χ0v) is 11.3. The van der Waals surface area contributed by atoms with Crippen molar-refractivity contribution in [3.05, 3.63) is 28.2 Å². The SMILES string of the molecule is CC(C)(CSc1cc(Cl)ccc1Cl)C(=O)O. The Labute approximate surface area is 109 Å². The van der Waals surface area contributed by atoms with Crippen molar-refractivity contribution in [2.45, 2.75) is 18.7 Å². The largest absolute Gasteiger partial charge is 0.481 e. The van der Waals surface area contributed by atoms with Gasteiger partial charge in [-0.1, -0.05) is 23.2 Å². The molecule has 2 nitrogen and oxygen atoms in total. The highest BCUT2D eigenvalue weighted by molar-refractivity contribution is 7.99. The average Bonchev–Trinajstić information content (AvgIpc) is 2.19. The van der Waals surface area contributed by atoms with Gasteiger partial charge in [0.2, 0.25) is 0 Å². The first-order chi connectivity index (χ1) is 7.33. The lowest BCUT2D eigenvalue weighted by Crippen LogP contribution is -2.26. The first-order valence-electron chi connectivity index (χ1n) is 4.64. The highest BCUT2D eigenvalue weighted by Gasteiger charge is 2.27. The summed E-state index contributed by atoms with van der Waals surface area (Å²) in [6.07, 6.45) is 0. The number of carboxylic acid groups (broad SMARTS) is 1. The van der Waals surface area contributed by atoms with Gasteiger partial charge < -0.3 is 5.11 Å². The standard InChI is InChI=1S/C11H12Cl2O2S/c1-11(2,10(14)15)6-16-9-5-7(12)3-4-8(9)13/h3-5H,6H2,1-2H3,(H,14,15). The Hall–Kier alpha value is -0.380. The molecule has 5 heteroatoms. The highest BCUT2D eigenvalue weighted by Crippen LogP contribution is 2.34. The van der Waals surface area contributed by atoms with Gasteiger partial charge in [0, 0.05) is 15.7 Å². The summed E-state index contributed by atoms with van der Waals surface area (Å²) in [4.78, 5) is 11.7. The monoisotopic (exact) mass is 278 g/mol. The van der Waals surface area contributed by atoms with Gasteiger partial charge in [-0.15, -0.1) is 11.8 Å². The number of hydrogen-bond acceptors (Lipinski definition) is 2. The molecule has 0 atom stereocenters. The van der Waals surface area contributed by atoms with E-state index < -0.39 is 11.4 Å². The molecule has 1 rings (SSSR count). The van der Waals surface area contributed by atoms with Crippen LogP contribution in [0.15, 0.2) is 23.1 Å². The van der Waals surface area contributed by atoms with Gasteiger partial charge in [0.1, 0.15) is 0 Å². The Morgan fingerprint density at radius 1 is 1.44 bits per heavy atom. The third-order valence-corrected chi connectivity index (χ3v) is 4.25. The lowest BCUT2D eigenvalue weighted by Gasteiger charge is -2.18. The lowest BCUT2D eigenvalue weighted by atomic mass is 9.97. The molecule has 0 amide bonds. The Morgan fingerprint density at radius 3 is 2.62 bits per heavy atom. The van der Waals surface area contributed by atoms with E-state index in [-0.39, 0.29) is 0 Å². The van der Waals surface area contributed by atoms with E-state index in [1.807, 2.05) is 0 Å². The maximum absolute atomic E-state index is 10.9. The van der Waals surface area contributed by atoms with E-state index in [1.165, 1.54) is 11.8 Å². The van der Waals surface area contributed by atoms with E-state index in [0.717, 1.165) is 4.90 Å². The van der Waals surface area contributed by atoms with E-state index in [0.29, 0.717) is 15.8 Å². The quantitative estimate of drug-likeness (QED) is 0.839. The minimum Gasteiger partial charge on any atom is -0.481 e. The van der Waals surface area contributed by atoms with Crippen molar-refractivity contribution in [3.8, 4) is 0 Å². The molecule has 16 heavy (non-hydrogen) atoms. The second kappa shape index (κ2) is 5.30. The number of benzene rings is 1. The summed E-state index contributed by atoms with van der Waals surface area (Å²) >= 11 is 13.2. The summed E-state index contributed by atoms with van der Waals surface area (Å²) in [6.45, 7) is 3.36. The van der Waals surface area contributed by atoms with Crippen molar-refractivity contribution in [1.82, 2.24) is 0 Å². The van der Waals surface area contributed by atoms with Crippen LogP contribution in [0, 0.1) is 5.41 Å². The van der Waals surface area contributed by atoms with Crippen LogP contribution < -0.4 is 0 Å². The molecule has 0 aromatic heterocycles. The van der Waals surface area contributed by atoms with Crippen LogP contribution in [0.25, 0.3) is 0 Å². The molecule has 0 saturated carbocycles. The molecule has 0 radical (unpaired) electrons. The van der Waals surface area contributed by atoms with E-state index in [1.54, 1.807) is 32.0 Å². The molecule has 0 fully saturated rings. The van der Waals surface area contributed by atoms with Gasteiger partial charge in [-0.3, -0.25) is 4.79 Å². The molecule has 0 aliphatic heterocycles. The number of rotatable bonds is 4. The van der Waals surface area contributed by atoms with E-state index in [9.17, 15) is 4.79 Å². The molecule has 1 aromatic rings. The van der Waals surface area contributed by atoms with Gasteiger partial charge in [-0.2, -0.15) is 0 Å². The Balaban J connectivity index is 2.75. The van der Waals surface area contributed by atoms with Crippen molar-refractivity contribution >= 4 is 40.9 Å². The number of halogens is 2. The van der Waals surface area contributed by atoms with Crippen LogP contribution in [0.5, 0.6) is 0 Å². The minimum atomic E-state index is -0.821. The van der Waals surface area contributed by atoms with Crippen LogP contribution in [0.2, 0.25) is 10.0 Å². The summed E-state index contributed by atoms with van der Waals surface area (Å²) in [6, 6.07) is 5.16. The summed E-state index contributed by atoms with van der Waals surface area (Å²) in [5.41, 5.74) is -0.781. The Morgan fingerprint density at radius 2 is 2.06 bits per heavy atom. The van der Waals surface area contributed by atoms with Gasteiger partial charge in [0.25, 0.3) is 0 Å². The van der Waals surface area contributed by atoms with Gasteiger partial charge in [0.15, 0.2) is 0 Å². The van der Waals surface area contributed by atoms with Crippen molar-refractivity contribution in [2.24, 2.45) is 5.41 Å². The van der Waals surface area contributed by atoms with E-state index in [4.69, 9.17) is 28.3 Å². The number of thioether (sulfide) groups is 1. The molecular formula is C11H12Cl2O2S. The molecule has 0 aliphatic rings. The average molecular weight is 279 g/mol. The lowest BCUT2D eigenvalue weighted by molar-refractivity contribution is -0.145. The molecule has 1 N–H and O–H groups in total. The molecule has 0 bridgehead atoms. The molecule has 0 saturated heterocycles. The van der Waals surface area contributed by atoms with Crippen LogP contribution >= 0.6 is 35.0 Å². The van der Waals surface area contributed by atoms with Crippen LogP contribution in [-0.4, -0.2) is 16.8 Å². The van der Waals surface area contributed by atoms with Crippen molar-refractivity contribution in [1.29, 1.82) is 0 Å². The Bertz CT molecular complexity index is 405. The fourth-order valence-electron chi connectivity index (χ4n) is 0.908. The first kappa shape index (κ1) is 13.7.